The average Bonchev–Trinajstić information content (AvgIpc) is 2.22. The number of hydrogen-bond donors (Lipinski definition) is 0. The second kappa shape index (κ2) is 4.62. The zero-order valence-electron chi connectivity index (χ0n) is 8.18. The Morgan fingerprint density at radius 3 is 2.38 bits per heavy atom. The van der Waals surface area contributed by atoms with Crippen molar-refractivity contribution in [3.05, 3.63) is 52.0 Å². The molecule has 0 saturated heterocycles. The smallest absolute Gasteiger partial charge is 0.0966 e. The second-order valence-corrected chi connectivity index (χ2v) is 5.94. The van der Waals surface area contributed by atoms with E-state index < -0.39 is 4.33 Å². The molecule has 16 heavy (non-hydrogen) atoms. The topological polar surface area (TPSA) is 0 Å². The van der Waals surface area contributed by atoms with Crippen molar-refractivity contribution in [1.82, 2.24) is 0 Å². The van der Waals surface area contributed by atoms with Gasteiger partial charge in [-0.1, -0.05) is 64.6 Å². The minimum absolute atomic E-state index is 0.544. The van der Waals surface area contributed by atoms with E-state index in [2.05, 4.69) is 0 Å². The molecular weight excluding hydrogens is 286 g/mol. The predicted molar refractivity (Wildman–Crippen MR) is 72.6 cm³/mol. The molecule has 0 radical (unpaired) electrons. The summed E-state index contributed by atoms with van der Waals surface area (Å²) >= 11 is 23.7. The highest BCUT2D eigenvalue weighted by molar-refractivity contribution is 6.50. The van der Waals surface area contributed by atoms with Gasteiger partial charge >= 0.3 is 0 Å². The van der Waals surface area contributed by atoms with E-state index in [1.165, 1.54) is 0 Å². The molecule has 0 nitrogen and oxygen atoms in total. The van der Waals surface area contributed by atoms with Gasteiger partial charge in [0.15, 0.2) is 0 Å². The molecule has 0 amide bonds. The lowest BCUT2D eigenvalue weighted by atomic mass is 9.99. The normalized spacial score (nSPS) is 18.4. The lowest BCUT2D eigenvalue weighted by Gasteiger charge is -2.18. The van der Waals surface area contributed by atoms with E-state index in [1.54, 1.807) is 12.1 Å². The minimum atomic E-state index is -0.792. The molecule has 0 heterocycles. The van der Waals surface area contributed by atoms with Crippen molar-refractivity contribution in [2.24, 2.45) is 0 Å². The van der Waals surface area contributed by atoms with Crippen LogP contribution in [0.2, 0.25) is 10.0 Å². The molecule has 0 spiro atoms. The quantitative estimate of drug-likeness (QED) is 0.599. The van der Waals surface area contributed by atoms with Crippen LogP contribution >= 0.6 is 46.4 Å². The summed E-state index contributed by atoms with van der Waals surface area (Å²) in [5.41, 5.74) is 2.06. The maximum absolute atomic E-state index is 5.97. The highest BCUT2D eigenvalue weighted by atomic mass is 35.5. The third-order valence-corrected chi connectivity index (χ3v) is 3.65. The van der Waals surface area contributed by atoms with Crippen LogP contribution in [0, 0.1) is 0 Å². The van der Waals surface area contributed by atoms with Gasteiger partial charge in [0, 0.05) is 6.42 Å². The van der Waals surface area contributed by atoms with Crippen LogP contribution in [0.4, 0.5) is 0 Å². The molecule has 0 fully saturated rings. The largest absolute Gasteiger partial charge is 0.140 e. The van der Waals surface area contributed by atoms with Crippen LogP contribution in [0.15, 0.2) is 36.4 Å². The predicted octanol–water partition coefficient (Wildman–Crippen LogP) is 5.51. The van der Waals surface area contributed by atoms with E-state index in [1.807, 2.05) is 24.3 Å². The molecule has 0 saturated carbocycles. The van der Waals surface area contributed by atoms with Gasteiger partial charge in [-0.05, 0) is 29.3 Å². The molecule has 0 aliphatic heterocycles. The Labute approximate surface area is 114 Å². The summed E-state index contributed by atoms with van der Waals surface area (Å²) in [6.45, 7) is 0. The Kier molecular flexibility index (Phi) is 3.56. The first kappa shape index (κ1) is 12.3. The molecule has 1 aliphatic carbocycles. The van der Waals surface area contributed by atoms with E-state index >= 15 is 0 Å². The van der Waals surface area contributed by atoms with Gasteiger partial charge in [-0.15, -0.1) is 0 Å². The van der Waals surface area contributed by atoms with E-state index in [-0.39, 0.29) is 0 Å². The Bertz CT molecular complexity index is 472. The highest BCUT2D eigenvalue weighted by Crippen LogP contribution is 2.35. The van der Waals surface area contributed by atoms with E-state index in [0.29, 0.717) is 16.5 Å². The summed E-state index contributed by atoms with van der Waals surface area (Å²) < 4.78 is -0.792. The molecule has 1 aromatic carbocycles. The van der Waals surface area contributed by atoms with Gasteiger partial charge in [-0.2, -0.15) is 0 Å². The summed E-state index contributed by atoms with van der Waals surface area (Å²) in [6.07, 6.45) is 6.23. The molecule has 0 unspecified atom stereocenters. The van der Waals surface area contributed by atoms with Gasteiger partial charge in [-0.25, -0.2) is 0 Å². The Hall–Kier alpha value is -0.140. The van der Waals surface area contributed by atoms with E-state index in [4.69, 9.17) is 46.4 Å². The fourth-order valence-electron chi connectivity index (χ4n) is 1.48. The van der Waals surface area contributed by atoms with Crippen LogP contribution < -0.4 is 0 Å². The Balaban J connectivity index is 2.30. The van der Waals surface area contributed by atoms with Gasteiger partial charge < -0.3 is 0 Å². The fraction of sp³-hybridized carbons (Fsp3) is 0.167. The SMILES string of the molecule is Clc1ccc(C2=CCC(Cl)(Cl)C=C2)cc1Cl. The van der Waals surface area contributed by atoms with Gasteiger partial charge in [0.05, 0.1) is 10.0 Å². The molecular formula is C12H8Cl4. The summed E-state index contributed by atoms with van der Waals surface area (Å²) in [6, 6.07) is 5.52. The highest BCUT2D eigenvalue weighted by Gasteiger charge is 2.21. The fourth-order valence-corrected chi connectivity index (χ4v) is 2.06. The Morgan fingerprint density at radius 1 is 1.06 bits per heavy atom. The van der Waals surface area contributed by atoms with Gasteiger partial charge in [0.2, 0.25) is 0 Å². The average molecular weight is 294 g/mol. The Morgan fingerprint density at radius 2 is 1.81 bits per heavy atom. The monoisotopic (exact) mass is 292 g/mol. The third-order valence-electron chi connectivity index (χ3n) is 2.35. The number of allylic oxidation sites excluding steroid dienone is 4. The first-order valence-corrected chi connectivity index (χ1v) is 6.22. The van der Waals surface area contributed by atoms with E-state index in [9.17, 15) is 0 Å². The zero-order valence-corrected chi connectivity index (χ0v) is 11.2. The summed E-state index contributed by atoms with van der Waals surface area (Å²) in [5.74, 6) is 0. The van der Waals surface area contributed by atoms with Crippen LogP contribution in [0.5, 0.6) is 0 Å². The summed E-state index contributed by atoms with van der Waals surface area (Å²) in [4.78, 5) is 0. The summed E-state index contributed by atoms with van der Waals surface area (Å²) in [5, 5.41) is 1.09. The first-order chi connectivity index (χ1) is 7.48. The van der Waals surface area contributed by atoms with Crippen LogP contribution in [0.3, 0.4) is 0 Å². The number of alkyl halides is 2. The second-order valence-electron chi connectivity index (χ2n) is 3.59. The van der Waals surface area contributed by atoms with Gasteiger partial charge in [0.1, 0.15) is 4.33 Å². The van der Waals surface area contributed by atoms with Crippen molar-refractivity contribution in [3.8, 4) is 0 Å². The van der Waals surface area contributed by atoms with Gasteiger partial charge in [0.25, 0.3) is 0 Å². The van der Waals surface area contributed by atoms with Crippen LogP contribution in [0.1, 0.15) is 12.0 Å². The van der Waals surface area contributed by atoms with Crippen molar-refractivity contribution >= 4 is 52.0 Å². The molecule has 2 rings (SSSR count). The molecule has 0 atom stereocenters. The molecule has 4 heteroatoms. The maximum atomic E-state index is 5.97. The molecule has 84 valence electrons. The van der Waals surface area contributed by atoms with Crippen LogP contribution in [0.25, 0.3) is 5.57 Å². The van der Waals surface area contributed by atoms with Crippen LogP contribution in [-0.2, 0) is 0 Å². The molecule has 1 aromatic rings. The summed E-state index contributed by atoms with van der Waals surface area (Å²) in [7, 11) is 0. The zero-order chi connectivity index (χ0) is 11.8. The number of hydrogen-bond acceptors (Lipinski definition) is 0. The number of benzene rings is 1. The van der Waals surface area contributed by atoms with Crippen molar-refractivity contribution in [1.29, 1.82) is 0 Å². The first-order valence-electron chi connectivity index (χ1n) is 4.71. The maximum Gasteiger partial charge on any atom is 0.140 e. The van der Waals surface area contributed by atoms with E-state index in [0.717, 1.165) is 11.1 Å². The minimum Gasteiger partial charge on any atom is -0.0966 e. The molecule has 1 aliphatic rings. The van der Waals surface area contributed by atoms with Crippen molar-refractivity contribution in [2.75, 3.05) is 0 Å². The van der Waals surface area contributed by atoms with Crippen molar-refractivity contribution in [3.63, 3.8) is 0 Å². The number of rotatable bonds is 1. The standard InChI is InChI=1S/C12H8Cl4/c13-10-2-1-9(7-11(10)14)8-3-5-12(15,16)6-4-8/h1-5,7H,6H2. The molecule has 0 aromatic heterocycles. The third kappa shape index (κ3) is 2.75. The van der Waals surface area contributed by atoms with Crippen LogP contribution in [-0.4, -0.2) is 4.33 Å². The van der Waals surface area contributed by atoms with Gasteiger partial charge in [-0.3, -0.25) is 0 Å². The lowest BCUT2D eigenvalue weighted by Crippen LogP contribution is -2.09. The molecule has 0 N–H and O–H groups in total. The van der Waals surface area contributed by atoms with Crippen molar-refractivity contribution in [2.45, 2.75) is 10.8 Å². The lowest BCUT2D eigenvalue weighted by molar-refractivity contribution is 0.965. The molecule has 0 bridgehead atoms. The van der Waals surface area contributed by atoms with Crippen molar-refractivity contribution < 1.29 is 0 Å². The number of halogens is 4.